The number of aromatic nitrogens is 2. The predicted octanol–water partition coefficient (Wildman–Crippen LogP) is 0.711. The SMILES string of the molecule is CCCCCCNC(=O)c1cc[n+](CCCCCCCCCC[n+]2ccc(C(=O)NCCCCCC)cc2)cc1.[Br-].[Br-]. The molecule has 238 valence electrons. The van der Waals surface area contributed by atoms with Crippen LogP contribution in [0.15, 0.2) is 49.1 Å². The number of rotatable bonds is 23. The number of carbonyl (C=O) groups is 2. The minimum absolute atomic E-state index is 0. The average molecular weight is 713 g/mol. The van der Waals surface area contributed by atoms with Crippen molar-refractivity contribution < 1.29 is 52.7 Å². The Morgan fingerprint density at radius 1 is 0.500 bits per heavy atom. The Balaban J connectivity index is 0.00000840. The first-order chi connectivity index (χ1) is 19.6. The number of pyridine rings is 2. The summed E-state index contributed by atoms with van der Waals surface area (Å²) in [7, 11) is 0. The zero-order valence-corrected chi connectivity index (χ0v) is 29.4. The van der Waals surface area contributed by atoms with Gasteiger partial charge in [0.25, 0.3) is 11.8 Å². The van der Waals surface area contributed by atoms with E-state index in [1.54, 1.807) is 0 Å². The van der Waals surface area contributed by atoms with Gasteiger partial charge < -0.3 is 44.6 Å². The molecule has 0 radical (unpaired) electrons. The number of carbonyl (C=O) groups excluding carboxylic acids is 2. The van der Waals surface area contributed by atoms with Crippen LogP contribution < -0.4 is 53.7 Å². The summed E-state index contributed by atoms with van der Waals surface area (Å²) in [6, 6.07) is 7.73. The summed E-state index contributed by atoms with van der Waals surface area (Å²) in [5.74, 6) is 0.0704. The van der Waals surface area contributed by atoms with Crippen molar-refractivity contribution in [1.29, 1.82) is 0 Å². The predicted molar refractivity (Wildman–Crippen MR) is 163 cm³/mol. The van der Waals surface area contributed by atoms with Crippen molar-refractivity contribution in [2.24, 2.45) is 0 Å². The molecule has 2 rings (SSSR count). The summed E-state index contributed by atoms with van der Waals surface area (Å²) in [6.45, 7) is 7.94. The van der Waals surface area contributed by atoms with Crippen LogP contribution >= 0.6 is 0 Å². The lowest BCUT2D eigenvalue weighted by Crippen LogP contribution is -3.00. The van der Waals surface area contributed by atoms with Crippen LogP contribution in [0.25, 0.3) is 0 Å². The third-order valence-electron chi connectivity index (χ3n) is 7.52. The lowest BCUT2D eigenvalue weighted by molar-refractivity contribution is -0.697. The molecule has 0 aromatic carbocycles. The van der Waals surface area contributed by atoms with Crippen molar-refractivity contribution in [3.05, 3.63) is 60.2 Å². The normalized spacial score (nSPS) is 10.4. The lowest BCUT2D eigenvalue weighted by Gasteiger charge is -2.05. The molecule has 0 fully saturated rings. The van der Waals surface area contributed by atoms with Gasteiger partial charge in [-0.25, -0.2) is 9.13 Å². The fourth-order valence-corrected chi connectivity index (χ4v) is 4.88. The maximum absolute atomic E-state index is 12.2. The van der Waals surface area contributed by atoms with E-state index >= 15 is 0 Å². The number of nitrogens with one attached hydrogen (secondary N) is 2. The molecule has 0 aliphatic heterocycles. The van der Waals surface area contributed by atoms with Crippen molar-refractivity contribution in [3.8, 4) is 0 Å². The van der Waals surface area contributed by atoms with Crippen LogP contribution in [-0.2, 0) is 13.1 Å². The highest BCUT2D eigenvalue weighted by atomic mass is 79.9. The van der Waals surface area contributed by atoms with Gasteiger partial charge in [-0.2, -0.15) is 0 Å². The number of hydrogen-bond donors (Lipinski definition) is 2. The molecule has 0 bridgehead atoms. The molecule has 0 aliphatic carbocycles. The quantitative estimate of drug-likeness (QED) is 0.132. The van der Waals surface area contributed by atoms with Gasteiger partial charge in [0.2, 0.25) is 0 Å². The maximum atomic E-state index is 12.2. The number of unbranched alkanes of at least 4 members (excludes halogenated alkanes) is 13. The molecule has 8 heteroatoms. The third kappa shape index (κ3) is 18.7. The van der Waals surface area contributed by atoms with E-state index in [9.17, 15) is 9.59 Å². The zero-order valence-electron chi connectivity index (χ0n) is 26.2. The minimum atomic E-state index is 0. The molecule has 0 saturated carbocycles. The van der Waals surface area contributed by atoms with Crippen molar-refractivity contribution in [1.82, 2.24) is 10.6 Å². The zero-order chi connectivity index (χ0) is 28.7. The highest BCUT2D eigenvalue weighted by Crippen LogP contribution is 2.09. The van der Waals surface area contributed by atoms with Gasteiger partial charge in [-0.15, -0.1) is 0 Å². The molecule has 42 heavy (non-hydrogen) atoms. The average Bonchev–Trinajstić information content (AvgIpc) is 2.98. The number of hydrogen-bond acceptors (Lipinski definition) is 2. The van der Waals surface area contributed by atoms with Gasteiger partial charge in [-0.1, -0.05) is 78.1 Å². The molecule has 0 unspecified atom stereocenters. The van der Waals surface area contributed by atoms with Crippen LogP contribution in [0.5, 0.6) is 0 Å². The summed E-state index contributed by atoms with van der Waals surface area (Å²) in [6.07, 6.45) is 27.5. The fraction of sp³-hybridized carbons (Fsp3) is 0.647. The summed E-state index contributed by atoms with van der Waals surface area (Å²) in [5.41, 5.74) is 1.50. The van der Waals surface area contributed by atoms with Gasteiger partial charge in [-0.3, -0.25) is 9.59 Å². The molecule has 2 aromatic rings. The number of aryl methyl sites for hydroxylation is 2. The number of nitrogens with zero attached hydrogens (tertiary/aromatic N) is 2. The van der Waals surface area contributed by atoms with Gasteiger partial charge in [0.05, 0.1) is 11.1 Å². The standard InChI is InChI=1S/C34H54N4O2.2BrH/c1-3-5-7-15-23-35-33(39)31-19-27-37(28-20-31)25-17-13-11-9-10-12-14-18-26-38-29-21-32(22-30-38)34(40)36-24-16-8-6-4-2;;/h19-22,27-30H,3-18,23-26H2,1-2H3;2*1H. The summed E-state index contributed by atoms with van der Waals surface area (Å²) in [4.78, 5) is 24.5. The van der Waals surface area contributed by atoms with Gasteiger partial charge in [0.1, 0.15) is 13.1 Å². The van der Waals surface area contributed by atoms with Crippen molar-refractivity contribution >= 4 is 11.8 Å². The van der Waals surface area contributed by atoms with E-state index in [1.165, 1.54) is 89.9 Å². The Morgan fingerprint density at radius 3 is 1.14 bits per heavy atom. The highest BCUT2D eigenvalue weighted by molar-refractivity contribution is 5.94. The Hall–Kier alpha value is -1.80. The fourth-order valence-electron chi connectivity index (χ4n) is 4.88. The molecule has 0 atom stereocenters. The molecule has 6 nitrogen and oxygen atoms in total. The second kappa shape index (κ2) is 26.8. The second-order valence-corrected chi connectivity index (χ2v) is 11.1. The van der Waals surface area contributed by atoms with E-state index in [1.807, 2.05) is 49.1 Å². The lowest BCUT2D eigenvalue weighted by atomic mass is 10.1. The molecule has 0 saturated heterocycles. The summed E-state index contributed by atoms with van der Waals surface area (Å²) < 4.78 is 4.37. The van der Waals surface area contributed by atoms with Gasteiger partial charge in [0.15, 0.2) is 24.8 Å². The first-order valence-corrected chi connectivity index (χ1v) is 16.2. The third-order valence-corrected chi connectivity index (χ3v) is 7.52. The topological polar surface area (TPSA) is 66.0 Å². The molecule has 2 amide bonds. The van der Waals surface area contributed by atoms with Crippen LogP contribution in [-0.4, -0.2) is 24.9 Å². The second-order valence-electron chi connectivity index (χ2n) is 11.1. The highest BCUT2D eigenvalue weighted by Gasteiger charge is 2.09. The summed E-state index contributed by atoms with van der Waals surface area (Å²) in [5, 5.41) is 6.05. The molecule has 2 aromatic heterocycles. The van der Waals surface area contributed by atoms with Gasteiger partial charge >= 0.3 is 0 Å². The molecule has 2 heterocycles. The molecule has 0 spiro atoms. The maximum Gasteiger partial charge on any atom is 0.251 e. The van der Waals surface area contributed by atoms with E-state index in [0.29, 0.717) is 0 Å². The van der Waals surface area contributed by atoms with Crippen LogP contribution in [0.1, 0.15) is 137 Å². The Bertz CT molecular complexity index is 862. The van der Waals surface area contributed by atoms with Gasteiger partial charge in [-0.05, 0) is 25.7 Å². The van der Waals surface area contributed by atoms with Crippen LogP contribution in [0.4, 0.5) is 0 Å². The Kier molecular flexibility index (Phi) is 25.7. The first-order valence-electron chi connectivity index (χ1n) is 16.2. The molecular weight excluding hydrogens is 656 g/mol. The number of amides is 2. The van der Waals surface area contributed by atoms with Crippen molar-refractivity contribution in [2.75, 3.05) is 13.1 Å². The first kappa shape index (κ1) is 40.2. The van der Waals surface area contributed by atoms with Crippen LogP contribution in [0, 0.1) is 0 Å². The molecular formula is C34H56Br2N4O2. The largest absolute Gasteiger partial charge is 1.00 e. The molecule has 2 N–H and O–H groups in total. The van der Waals surface area contributed by atoms with E-state index < -0.39 is 0 Å². The van der Waals surface area contributed by atoms with Crippen LogP contribution in [0.3, 0.4) is 0 Å². The Morgan fingerprint density at radius 2 is 0.810 bits per heavy atom. The van der Waals surface area contributed by atoms with Crippen molar-refractivity contribution in [2.45, 2.75) is 130 Å². The number of halogens is 2. The molecule has 0 aliphatic rings. The van der Waals surface area contributed by atoms with E-state index in [4.69, 9.17) is 0 Å². The Labute approximate surface area is 277 Å². The minimum Gasteiger partial charge on any atom is -1.00 e. The van der Waals surface area contributed by atoms with Gasteiger partial charge in [0, 0.05) is 50.2 Å². The van der Waals surface area contributed by atoms with Crippen molar-refractivity contribution in [3.63, 3.8) is 0 Å². The van der Waals surface area contributed by atoms with E-state index in [-0.39, 0.29) is 45.8 Å². The summed E-state index contributed by atoms with van der Waals surface area (Å²) >= 11 is 0. The van der Waals surface area contributed by atoms with Crippen LogP contribution in [0.2, 0.25) is 0 Å². The smallest absolute Gasteiger partial charge is 0.251 e. The van der Waals surface area contributed by atoms with E-state index in [0.717, 1.165) is 50.1 Å². The van der Waals surface area contributed by atoms with E-state index in [2.05, 4.69) is 33.6 Å². The monoisotopic (exact) mass is 710 g/mol.